The summed E-state index contributed by atoms with van der Waals surface area (Å²) in [4.78, 5) is 15.4. The second-order valence-electron chi connectivity index (χ2n) is 3.57. The van der Waals surface area contributed by atoms with Crippen LogP contribution >= 0.6 is 43.5 Å². The molecule has 1 aromatic carbocycles. The van der Waals surface area contributed by atoms with Crippen LogP contribution in [0.5, 0.6) is 0 Å². The first kappa shape index (κ1) is 14.4. The van der Waals surface area contributed by atoms with Crippen molar-refractivity contribution in [2.45, 2.75) is 0 Å². The second kappa shape index (κ2) is 5.98. The van der Waals surface area contributed by atoms with E-state index in [0.29, 0.717) is 19.7 Å². The molecule has 1 N–H and O–H groups in total. The van der Waals surface area contributed by atoms with Crippen molar-refractivity contribution in [3.05, 3.63) is 55.9 Å². The third-order valence-electron chi connectivity index (χ3n) is 2.23. The fourth-order valence-corrected chi connectivity index (χ4v) is 3.22. The summed E-state index contributed by atoms with van der Waals surface area (Å²) in [5.41, 5.74) is 0.800. The van der Waals surface area contributed by atoms with Gasteiger partial charge in [-0.25, -0.2) is 4.98 Å². The Labute approximate surface area is 130 Å². The van der Waals surface area contributed by atoms with Gasteiger partial charge in [0.1, 0.15) is 0 Å². The molecule has 98 valence electrons. The summed E-state index contributed by atoms with van der Waals surface area (Å²) in [6.45, 7) is 0. The minimum Gasteiger partial charge on any atom is -0.320 e. The van der Waals surface area contributed by atoms with Crippen LogP contribution < -0.4 is 5.32 Å². The van der Waals surface area contributed by atoms with E-state index in [1.165, 1.54) is 12.3 Å². The zero-order chi connectivity index (χ0) is 14.0. The average molecular weight is 408 g/mol. The van der Waals surface area contributed by atoms with Gasteiger partial charge in [-0.15, -0.1) is 0 Å². The highest BCUT2D eigenvalue weighted by Gasteiger charge is 2.12. The molecule has 0 saturated carbocycles. The number of rotatable bonds is 2. The van der Waals surface area contributed by atoms with E-state index >= 15 is 0 Å². The first-order valence-electron chi connectivity index (χ1n) is 5.05. The maximum absolute atomic E-state index is 12.7. The molecule has 0 bridgehead atoms. The number of hydrogen-bond acceptors (Lipinski definition) is 2. The van der Waals surface area contributed by atoms with Crippen LogP contribution in [0.4, 0.5) is 10.1 Å². The van der Waals surface area contributed by atoms with Gasteiger partial charge in [-0.05, 0) is 56.1 Å². The molecular formula is C12H6Br2ClFN2O. The summed E-state index contributed by atoms with van der Waals surface area (Å²) >= 11 is 12.5. The molecule has 3 nitrogen and oxygen atoms in total. The van der Waals surface area contributed by atoms with Gasteiger partial charge in [-0.2, -0.15) is 4.39 Å². The van der Waals surface area contributed by atoms with E-state index in [2.05, 4.69) is 42.2 Å². The van der Waals surface area contributed by atoms with Crippen molar-refractivity contribution in [1.29, 1.82) is 0 Å². The topological polar surface area (TPSA) is 42.0 Å². The van der Waals surface area contributed by atoms with Crippen molar-refractivity contribution >= 4 is 55.1 Å². The summed E-state index contributed by atoms with van der Waals surface area (Å²) in [5.74, 6) is -1.03. The Hall–Kier alpha value is -0.980. The number of pyridine rings is 1. The summed E-state index contributed by atoms with van der Waals surface area (Å²) in [6, 6.07) is 5.80. The smallest absolute Gasteiger partial charge is 0.257 e. The molecule has 0 fully saturated rings. The predicted molar refractivity (Wildman–Crippen MR) is 79.0 cm³/mol. The molecular weight excluding hydrogens is 402 g/mol. The molecule has 2 rings (SSSR count). The summed E-state index contributed by atoms with van der Waals surface area (Å²) in [6.07, 6.45) is 1.17. The van der Waals surface area contributed by atoms with Gasteiger partial charge in [-0.3, -0.25) is 4.79 Å². The van der Waals surface area contributed by atoms with Gasteiger partial charge in [0, 0.05) is 20.2 Å². The highest BCUT2D eigenvalue weighted by molar-refractivity contribution is 9.11. The first-order valence-corrected chi connectivity index (χ1v) is 7.01. The van der Waals surface area contributed by atoms with Gasteiger partial charge in [0.25, 0.3) is 5.91 Å². The Morgan fingerprint density at radius 3 is 2.42 bits per heavy atom. The maximum atomic E-state index is 12.7. The molecule has 0 saturated heterocycles. The van der Waals surface area contributed by atoms with Crippen LogP contribution in [0.1, 0.15) is 10.4 Å². The number of nitrogens with zero attached hydrogens (tertiary/aromatic N) is 1. The molecule has 0 aliphatic heterocycles. The number of nitrogens with one attached hydrogen (secondary N) is 1. The van der Waals surface area contributed by atoms with E-state index in [-0.39, 0.29) is 5.56 Å². The Morgan fingerprint density at radius 1 is 1.26 bits per heavy atom. The zero-order valence-electron chi connectivity index (χ0n) is 9.25. The van der Waals surface area contributed by atoms with E-state index in [0.717, 1.165) is 6.07 Å². The molecule has 0 atom stereocenters. The molecule has 0 radical (unpaired) electrons. The maximum Gasteiger partial charge on any atom is 0.257 e. The molecule has 1 aromatic heterocycles. The van der Waals surface area contributed by atoms with Crippen LogP contribution in [0.2, 0.25) is 5.02 Å². The Kier molecular flexibility index (Phi) is 4.54. The number of halogens is 4. The molecule has 0 spiro atoms. The highest BCUT2D eigenvalue weighted by atomic mass is 79.9. The van der Waals surface area contributed by atoms with Crippen LogP contribution in [-0.4, -0.2) is 10.9 Å². The van der Waals surface area contributed by atoms with Crippen LogP contribution in [0.25, 0.3) is 0 Å². The molecule has 1 heterocycles. The van der Waals surface area contributed by atoms with Gasteiger partial charge in [-0.1, -0.05) is 11.6 Å². The largest absolute Gasteiger partial charge is 0.320 e. The van der Waals surface area contributed by atoms with E-state index in [9.17, 15) is 9.18 Å². The number of carbonyl (C=O) groups is 1. The van der Waals surface area contributed by atoms with Crippen molar-refractivity contribution in [2.75, 3.05) is 5.32 Å². The SMILES string of the molecule is O=C(Nc1c(Br)cc(Cl)cc1Br)c1ccc(F)nc1. The molecule has 0 aliphatic rings. The lowest BCUT2D eigenvalue weighted by molar-refractivity contribution is 0.102. The van der Waals surface area contributed by atoms with Crippen LogP contribution in [0.15, 0.2) is 39.4 Å². The normalized spacial score (nSPS) is 10.3. The summed E-state index contributed by atoms with van der Waals surface area (Å²) in [7, 11) is 0. The molecule has 2 aromatic rings. The Balaban J connectivity index is 2.26. The van der Waals surface area contributed by atoms with Crippen molar-refractivity contribution in [2.24, 2.45) is 0 Å². The number of hydrogen-bond donors (Lipinski definition) is 1. The number of benzene rings is 1. The van der Waals surface area contributed by atoms with Gasteiger partial charge < -0.3 is 5.32 Å². The standard InChI is InChI=1S/C12H6Br2ClFN2O/c13-8-3-7(15)4-9(14)11(8)18-12(19)6-1-2-10(16)17-5-6/h1-5H,(H,18,19). The van der Waals surface area contributed by atoms with Gasteiger partial charge in [0.15, 0.2) is 0 Å². The van der Waals surface area contributed by atoms with Gasteiger partial charge >= 0.3 is 0 Å². The predicted octanol–water partition coefficient (Wildman–Crippen LogP) is 4.65. The second-order valence-corrected chi connectivity index (χ2v) is 5.71. The highest BCUT2D eigenvalue weighted by Crippen LogP contribution is 2.34. The minimum atomic E-state index is -0.634. The number of aromatic nitrogens is 1. The number of carbonyl (C=O) groups excluding carboxylic acids is 1. The van der Waals surface area contributed by atoms with E-state index in [4.69, 9.17) is 11.6 Å². The molecule has 19 heavy (non-hydrogen) atoms. The molecule has 7 heteroatoms. The van der Waals surface area contributed by atoms with Gasteiger partial charge in [0.05, 0.1) is 11.3 Å². The monoisotopic (exact) mass is 406 g/mol. The van der Waals surface area contributed by atoms with Crippen molar-refractivity contribution in [3.63, 3.8) is 0 Å². The van der Waals surface area contributed by atoms with Crippen LogP contribution in [0, 0.1) is 5.95 Å². The van der Waals surface area contributed by atoms with Crippen molar-refractivity contribution < 1.29 is 9.18 Å². The van der Waals surface area contributed by atoms with E-state index in [1.54, 1.807) is 12.1 Å². The lowest BCUT2D eigenvalue weighted by Gasteiger charge is -2.10. The van der Waals surface area contributed by atoms with Crippen molar-refractivity contribution in [1.82, 2.24) is 4.98 Å². The quantitative estimate of drug-likeness (QED) is 0.735. The first-order chi connectivity index (χ1) is 8.97. The molecule has 0 unspecified atom stereocenters. The van der Waals surface area contributed by atoms with E-state index in [1.807, 2.05) is 0 Å². The summed E-state index contributed by atoms with van der Waals surface area (Å²) < 4.78 is 13.9. The van der Waals surface area contributed by atoms with Crippen molar-refractivity contribution in [3.8, 4) is 0 Å². The fraction of sp³-hybridized carbons (Fsp3) is 0. The molecule has 0 aliphatic carbocycles. The zero-order valence-corrected chi connectivity index (χ0v) is 13.2. The average Bonchev–Trinajstić information content (AvgIpc) is 2.34. The lowest BCUT2D eigenvalue weighted by atomic mass is 10.2. The Bertz CT molecular complexity index is 611. The Morgan fingerprint density at radius 2 is 1.89 bits per heavy atom. The minimum absolute atomic E-state index is 0.259. The molecule has 1 amide bonds. The fourth-order valence-electron chi connectivity index (χ4n) is 1.36. The summed E-state index contributed by atoms with van der Waals surface area (Å²) in [5, 5.41) is 3.22. The third-order valence-corrected chi connectivity index (χ3v) is 3.70. The number of amides is 1. The number of anilines is 1. The third kappa shape index (κ3) is 3.52. The van der Waals surface area contributed by atoms with E-state index < -0.39 is 11.9 Å². The van der Waals surface area contributed by atoms with Crippen LogP contribution in [-0.2, 0) is 0 Å². The van der Waals surface area contributed by atoms with Gasteiger partial charge in [0.2, 0.25) is 5.95 Å². The van der Waals surface area contributed by atoms with Crippen LogP contribution in [0.3, 0.4) is 0 Å². The lowest BCUT2D eigenvalue weighted by Crippen LogP contribution is -2.13.